The van der Waals surface area contributed by atoms with E-state index in [2.05, 4.69) is 197 Å². The zero-order chi connectivity index (χ0) is 53.7. The fraction of sp³-hybridized carbons (Fsp3) is 0.515. The maximum Gasteiger partial charge on any atom is 2.00 e. The zero-order valence-electron chi connectivity index (χ0n) is 49.8. The molecule has 4 aromatic carbocycles. The predicted molar refractivity (Wildman–Crippen MR) is 329 cm³/mol. The number of nitrogens with zero attached hydrogens (tertiary/aromatic N) is 4. The van der Waals surface area contributed by atoms with Gasteiger partial charge in [0, 0.05) is 26.4 Å². The Bertz CT molecular complexity index is 2110. The van der Waals surface area contributed by atoms with Gasteiger partial charge in [-0.05, 0) is 95.3 Å². The van der Waals surface area contributed by atoms with Gasteiger partial charge in [0.05, 0.1) is 11.4 Å². The average molecular weight is 1060 g/mol. The summed E-state index contributed by atoms with van der Waals surface area (Å²) in [4.78, 5) is 9.93. The first kappa shape index (κ1) is 69.5. The molecule has 74 heavy (non-hydrogen) atoms. The molecule has 0 radical (unpaired) electrons. The molecule has 8 heteroatoms. The van der Waals surface area contributed by atoms with Gasteiger partial charge in [-0.25, -0.2) is 37.4 Å². The van der Waals surface area contributed by atoms with Crippen molar-refractivity contribution in [3.8, 4) is 0 Å². The summed E-state index contributed by atoms with van der Waals surface area (Å²) in [6.45, 7) is 52.1. The molecule has 2 saturated heterocycles. The van der Waals surface area contributed by atoms with Gasteiger partial charge in [-0.15, -0.1) is 22.8 Å². The van der Waals surface area contributed by atoms with E-state index >= 15 is 0 Å². The summed E-state index contributed by atoms with van der Waals surface area (Å²) in [7, 11) is 0. The van der Waals surface area contributed by atoms with Crippen molar-refractivity contribution in [1.82, 2.24) is 0 Å². The summed E-state index contributed by atoms with van der Waals surface area (Å²) in [5.41, 5.74) is 17.9. The van der Waals surface area contributed by atoms with Gasteiger partial charge in [0.1, 0.15) is 0 Å². The second-order valence-electron chi connectivity index (χ2n) is 22.0. The van der Waals surface area contributed by atoms with Gasteiger partial charge >= 0.3 is 75.5 Å². The Morgan fingerprint density at radius 1 is 0.392 bits per heavy atom. The first-order valence-corrected chi connectivity index (χ1v) is 27.3. The predicted octanol–water partition coefficient (Wildman–Crippen LogP) is 20.2. The van der Waals surface area contributed by atoms with Crippen molar-refractivity contribution in [2.75, 3.05) is 26.4 Å². The molecular formula is C66H96Ca2N4O2. The molecule has 0 atom stereocenters. The summed E-state index contributed by atoms with van der Waals surface area (Å²) < 4.78 is 9.89. The fourth-order valence-corrected chi connectivity index (χ4v) is 8.84. The maximum atomic E-state index is 5.04. The molecule has 396 valence electrons. The zero-order valence-corrected chi connectivity index (χ0v) is 54.2. The molecule has 0 unspecified atom stereocenters. The van der Waals surface area contributed by atoms with Crippen LogP contribution in [-0.4, -0.2) is 113 Å². The minimum absolute atomic E-state index is 0. The van der Waals surface area contributed by atoms with Crippen LogP contribution in [0.15, 0.2) is 106 Å². The third-order valence-electron chi connectivity index (χ3n) is 12.9. The molecule has 2 aliphatic heterocycles. The molecular weight excluding hydrogens is 961 g/mol. The van der Waals surface area contributed by atoms with Gasteiger partial charge < -0.3 is 20.1 Å². The van der Waals surface area contributed by atoms with Crippen molar-refractivity contribution in [3.05, 3.63) is 165 Å². The number of aliphatic imine (C=N–C) groups is 2. The van der Waals surface area contributed by atoms with E-state index in [4.69, 9.17) is 30.1 Å². The second-order valence-corrected chi connectivity index (χ2v) is 22.0. The van der Waals surface area contributed by atoms with E-state index in [-0.39, 0.29) is 75.5 Å². The SMILES string of the molecule is C1CCOC1.C1CCOC1.[CH2-]C(/C=C(/C)[N-]c1c(C(C)C)cccc1C(C)C)=Nc1c(C(C)C)cccc1C(C)C.[CH2-]C(/C=C(/C)[N-]c1c(C(C)C)cccc1C(C)C)=Nc1c(C(C)C)cccc1C(C)C.[Ca+2].[Ca+2]. The Kier molecular flexibility index (Phi) is 33.6. The number of para-hydroxylation sites is 4. The van der Waals surface area contributed by atoms with Crippen LogP contribution in [0.1, 0.15) is 242 Å². The van der Waals surface area contributed by atoms with Crippen LogP contribution in [0.3, 0.4) is 0 Å². The molecule has 4 aromatic rings. The smallest absolute Gasteiger partial charge is 0.676 e. The Hall–Kier alpha value is -2.52. The van der Waals surface area contributed by atoms with Gasteiger partial charge in [-0.2, -0.15) is 0 Å². The summed E-state index contributed by atoms with van der Waals surface area (Å²) in [5, 5.41) is 10.1. The van der Waals surface area contributed by atoms with E-state index < -0.39 is 0 Å². The van der Waals surface area contributed by atoms with Crippen LogP contribution < -0.4 is 0 Å². The third-order valence-corrected chi connectivity index (χ3v) is 12.9. The number of hydrogen-bond acceptors (Lipinski definition) is 4. The van der Waals surface area contributed by atoms with Crippen LogP contribution in [0.4, 0.5) is 22.7 Å². The van der Waals surface area contributed by atoms with Crippen molar-refractivity contribution in [2.24, 2.45) is 9.98 Å². The summed E-state index contributed by atoms with van der Waals surface area (Å²) >= 11 is 0. The molecule has 6 rings (SSSR count). The van der Waals surface area contributed by atoms with E-state index in [1.54, 1.807) is 0 Å². The van der Waals surface area contributed by atoms with Gasteiger partial charge in [0.25, 0.3) is 0 Å². The molecule has 2 heterocycles. The average Bonchev–Trinajstić information content (AvgIpc) is 4.10. The standard InChI is InChI=1S/2C29H40N2.2C4H8O.2Ca/c2*1-18(2)24-13-11-14-25(19(3)4)28(24)30-22(9)17-23(10)31-29-26(20(5)6)15-12-16-27(29)21(7)8;2*1-2-4-5-3-1;;/h2*11-21H,9H2,1-8,10H3;2*1-4H2;;/q2*-2;;;2*+2/b2*23-17-,30-22?;;;;. The maximum absolute atomic E-state index is 5.04. The van der Waals surface area contributed by atoms with Crippen LogP contribution in [-0.2, 0) is 9.47 Å². The van der Waals surface area contributed by atoms with Gasteiger partial charge in [0.2, 0.25) is 0 Å². The van der Waals surface area contributed by atoms with Gasteiger partial charge in [0.15, 0.2) is 0 Å². The molecule has 0 aliphatic carbocycles. The van der Waals surface area contributed by atoms with Crippen LogP contribution in [0.2, 0.25) is 0 Å². The van der Waals surface area contributed by atoms with Crippen molar-refractivity contribution in [1.29, 1.82) is 0 Å². The molecule has 0 bridgehead atoms. The van der Waals surface area contributed by atoms with E-state index in [0.29, 0.717) is 47.3 Å². The van der Waals surface area contributed by atoms with Crippen molar-refractivity contribution in [2.45, 2.75) is 198 Å². The van der Waals surface area contributed by atoms with Crippen molar-refractivity contribution in [3.63, 3.8) is 0 Å². The minimum Gasteiger partial charge on any atom is -0.676 e. The van der Waals surface area contributed by atoms with Crippen LogP contribution in [0, 0.1) is 13.8 Å². The van der Waals surface area contributed by atoms with Crippen LogP contribution >= 0.6 is 0 Å². The normalized spacial score (nSPS) is 14.2. The Morgan fingerprint density at radius 2 is 0.595 bits per heavy atom. The van der Waals surface area contributed by atoms with E-state index in [1.807, 2.05) is 26.0 Å². The molecule has 6 nitrogen and oxygen atoms in total. The topological polar surface area (TPSA) is 71.4 Å². The Morgan fingerprint density at radius 3 is 0.770 bits per heavy atom. The van der Waals surface area contributed by atoms with Gasteiger partial charge in [-0.3, -0.25) is 9.98 Å². The first-order chi connectivity index (χ1) is 34.0. The third kappa shape index (κ3) is 22.8. The molecule has 0 amide bonds. The molecule has 0 N–H and O–H groups in total. The molecule has 0 aromatic heterocycles. The van der Waals surface area contributed by atoms with E-state index in [9.17, 15) is 0 Å². The van der Waals surface area contributed by atoms with Crippen molar-refractivity contribution < 1.29 is 9.47 Å². The van der Waals surface area contributed by atoms with Crippen LogP contribution in [0.25, 0.3) is 10.6 Å². The molecule has 0 saturated carbocycles. The molecule has 0 spiro atoms. The quantitative estimate of drug-likeness (QED) is 0.0637. The monoisotopic (exact) mass is 1060 g/mol. The second kappa shape index (κ2) is 35.8. The Labute approximate surface area is 513 Å². The Balaban J connectivity index is 0.000000604. The molecule has 2 aliphatic rings. The van der Waals surface area contributed by atoms with Gasteiger partial charge in [-0.1, -0.05) is 220 Å². The molecule has 2 fully saturated rings. The minimum atomic E-state index is 0. The first-order valence-electron chi connectivity index (χ1n) is 27.3. The number of ether oxygens (including phenoxy) is 2. The van der Waals surface area contributed by atoms with E-state index in [1.165, 1.54) is 70.2 Å². The number of rotatable bonds is 16. The number of hydrogen-bond donors (Lipinski definition) is 0. The largest absolute Gasteiger partial charge is 2.00 e. The number of benzene rings is 4. The fourth-order valence-electron chi connectivity index (χ4n) is 8.84. The number of allylic oxidation sites excluding steroid dienone is 4. The summed E-state index contributed by atoms with van der Waals surface area (Å²) in [6, 6.07) is 26.0. The van der Waals surface area contributed by atoms with E-state index in [0.717, 1.165) is 72.0 Å². The van der Waals surface area contributed by atoms with Crippen molar-refractivity contribution >= 4 is 110 Å². The van der Waals surface area contributed by atoms with Crippen LogP contribution in [0.5, 0.6) is 0 Å². The summed E-state index contributed by atoms with van der Waals surface area (Å²) in [6.07, 6.45) is 9.12. The summed E-state index contributed by atoms with van der Waals surface area (Å²) in [5.74, 6) is 3.32.